The van der Waals surface area contributed by atoms with Gasteiger partial charge in [-0.3, -0.25) is 0 Å². The largest absolute Gasteiger partial charge is 0.478 e. The minimum atomic E-state index is -0.953. The standard InChI is InChI=1S/C9H6O2S/c1-2-7-3-4-8(12-7)5-6-9(10)11/h1,3-6H,(H,10,11). The van der Waals surface area contributed by atoms with Gasteiger partial charge >= 0.3 is 5.97 Å². The van der Waals surface area contributed by atoms with Gasteiger partial charge in [0, 0.05) is 11.0 Å². The number of terminal acetylenes is 1. The second-order valence-corrected chi connectivity index (χ2v) is 3.13. The van der Waals surface area contributed by atoms with Crippen molar-refractivity contribution in [3.05, 3.63) is 28.0 Å². The third-order valence-corrected chi connectivity index (χ3v) is 2.14. The van der Waals surface area contributed by atoms with E-state index in [1.807, 2.05) is 0 Å². The first-order valence-electron chi connectivity index (χ1n) is 3.20. The summed E-state index contributed by atoms with van der Waals surface area (Å²) in [4.78, 5) is 11.8. The number of carbonyl (C=O) groups is 1. The van der Waals surface area contributed by atoms with E-state index >= 15 is 0 Å². The summed E-state index contributed by atoms with van der Waals surface area (Å²) in [6.07, 6.45) is 7.75. The summed E-state index contributed by atoms with van der Waals surface area (Å²) in [5, 5.41) is 8.32. The molecular weight excluding hydrogens is 172 g/mol. The van der Waals surface area contributed by atoms with Gasteiger partial charge in [-0.15, -0.1) is 17.8 Å². The van der Waals surface area contributed by atoms with Crippen LogP contribution in [0.3, 0.4) is 0 Å². The fourth-order valence-electron chi connectivity index (χ4n) is 0.673. The Labute approximate surface area is 74.2 Å². The summed E-state index contributed by atoms with van der Waals surface area (Å²) in [7, 11) is 0. The maximum atomic E-state index is 10.1. The molecule has 0 aliphatic rings. The molecule has 12 heavy (non-hydrogen) atoms. The van der Waals surface area contributed by atoms with Crippen LogP contribution in [0.5, 0.6) is 0 Å². The summed E-state index contributed by atoms with van der Waals surface area (Å²) >= 11 is 1.39. The van der Waals surface area contributed by atoms with Crippen molar-refractivity contribution in [2.45, 2.75) is 0 Å². The van der Waals surface area contributed by atoms with Crippen LogP contribution in [0.1, 0.15) is 9.75 Å². The molecule has 0 radical (unpaired) electrons. The third kappa shape index (κ3) is 2.26. The lowest BCUT2D eigenvalue weighted by molar-refractivity contribution is -0.131. The van der Waals surface area contributed by atoms with E-state index in [2.05, 4.69) is 5.92 Å². The van der Waals surface area contributed by atoms with Crippen LogP contribution < -0.4 is 0 Å². The molecule has 0 aliphatic carbocycles. The Balaban J connectivity index is 2.78. The molecule has 0 saturated heterocycles. The summed E-state index contributed by atoms with van der Waals surface area (Å²) < 4.78 is 0. The van der Waals surface area contributed by atoms with E-state index in [1.54, 1.807) is 12.1 Å². The van der Waals surface area contributed by atoms with Crippen molar-refractivity contribution in [3.8, 4) is 12.3 Å². The van der Waals surface area contributed by atoms with Gasteiger partial charge in [0.1, 0.15) is 0 Å². The van der Waals surface area contributed by atoms with Crippen molar-refractivity contribution < 1.29 is 9.90 Å². The van der Waals surface area contributed by atoms with Crippen molar-refractivity contribution in [2.24, 2.45) is 0 Å². The van der Waals surface area contributed by atoms with Crippen LogP contribution in [0.15, 0.2) is 18.2 Å². The second kappa shape index (κ2) is 3.74. The highest BCUT2D eigenvalue weighted by Crippen LogP contribution is 2.16. The van der Waals surface area contributed by atoms with E-state index in [-0.39, 0.29) is 0 Å². The smallest absolute Gasteiger partial charge is 0.328 e. The third-order valence-electron chi connectivity index (χ3n) is 1.16. The summed E-state index contributed by atoms with van der Waals surface area (Å²) in [5.41, 5.74) is 0. The molecule has 1 aromatic heterocycles. The highest BCUT2D eigenvalue weighted by molar-refractivity contribution is 7.13. The number of carboxylic acid groups (broad SMARTS) is 1. The molecule has 1 aromatic rings. The molecule has 3 heteroatoms. The van der Waals surface area contributed by atoms with E-state index in [9.17, 15) is 4.79 Å². The zero-order chi connectivity index (χ0) is 8.97. The fourth-order valence-corrected chi connectivity index (χ4v) is 1.39. The molecule has 0 amide bonds. The number of aliphatic carboxylic acids is 1. The number of carboxylic acids is 1. The highest BCUT2D eigenvalue weighted by atomic mass is 32.1. The molecule has 0 bridgehead atoms. The van der Waals surface area contributed by atoms with Gasteiger partial charge in [-0.1, -0.05) is 5.92 Å². The van der Waals surface area contributed by atoms with Crippen LogP contribution in [0.4, 0.5) is 0 Å². The minimum absolute atomic E-state index is 0.806. The maximum absolute atomic E-state index is 10.1. The normalized spacial score (nSPS) is 9.92. The van der Waals surface area contributed by atoms with Crippen LogP contribution in [-0.2, 0) is 4.79 Å². The molecular formula is C9H6O2S. The Morgan fingerprint density at radius 3 is 2.92 bits per heavy atom. The Morgan fingerprint density at radius 2 is 2.42 bits per heavy atom. The lowest BCUT2D eigenvalue weighted by Crippen LogP contribution is -1.84. The monoisotopic (exact) mass is 178 g/mol. The molecule has 0 saturated carbocycles. The molecule has 0 spiro atoms. The molecule has 0 unspecified atom stereocenters. The first-order valence-corrected chi connectivity index (χ1v) is 4.01. The van der Waals surface area contributed by atoms with Crippen LogP contribution in [0.2, 0.25) is 0 Å². The van der Waals surface area contributed by atoms with Crippen LogP contribution >= 0.6 is 11.3 Å². The predicted octanol–water partition coefficient (Wildman–Crippen LogP) is 1.83. The van der Waals surface area contributed by atoms with E-state index in [4.69, 9.17) is 11.5 Å². The molecule has 1 N–H and O–H groups in total. The average molecular weight is 178 g/mol. The van der Waals surface area contributed by atoms with Gasteiger partial charge < -0.3 is 5.11 Å². The molecule has 0 aliphatic heterocycles. The van der Waals surface area contributed by atoms with Gasteiger partial charge in [0.15, 0.2) is 0 Å². The van der Waals surface area contributed by atoms with Crippen molar-refractivity contribution in [3.63, 3.8) is 0 Å². The maximum Gasteiger partial charge on any atom is 0.328 e. The van der Waals surface area contributed by atoms with Crippen molar-refractivity contribution in [1.29, 1.82) is 0 Å². The predicted molar refractivity (Wildman–Crippen MR) is 48.9 cm³/mol. The van der Waals surface area contributed by atoms with Crippen molar-refractivity contribution >= 4 is 23.4 Å². The second-order valence-electron chi connectivity index (χ2n) is 2.02. The van der Waals surface area contributed by atoms with Gasteiger partial charge in [0.05, 0.1) is 4.88 Å². The van der Waals surface area contributed by atoms with Crippen LogP contribution in [0.25, 0.3) is 6.08 Å². The van der Waals surface area contributed by atoms with Gasteiger partial charge in [0.25, 0.3) is 0 Å². The molecule has 60 valence electrons. The topological polar surface area (TPSA) is 37.3 Å². The molecule has 0 atom stereocenters. The quantitative estimate of drug-likeness (QED) is 0.554. The SMILES string of the molecule is C#Cc1ccc(C=CC(=O)O)s1. The average Bonchev–Trinajstić information content (AvgIpc) is 2.48. The lowest BCUT2D eigenvalue weighted by atomic mass is 10.4. The van der Waals surface area contributed by atoms with Gasteiger partial charge in [-0.05, 0) is 18.2 Å². The molecule has 0 fully saturated rings. The number of hydrogen-bond acceptors (Lipinski definition) is 2. The highest BCUT2D eigenvalue weighted by Gasteiger charge is 1.93. The summed E-state index contributed by atoms with van der Waals surface area (Å²) in [6, 6.07) is 3.57. The summed E-state index contributed by atoms with van der Waals surface area (Å²) in [6.45, 7) is 0. The first-order chi connectivity index (χ1) is 5.72. The van der Waals surface area contributed by atoms with Crippen LogP contribution in [0, 0.1) is 12.3 Å². The fraction of sp³-hybridized carbons (Fsp3) is 0. The molecule has 2 nitrogen and oxygen atoms in total. The molecule has 1 heterocycles. The van der Waals surface area contributed by atoms with Crippen LogP contribution in [-0.4, -0.2) is 11.1 Å². The van der Waals surface area contributed by atoms with E-state index in [0.717, 1.165) is 15.8 Å². The van der Waals surface area contributed by atoms with E-state index in [0.29, 0.717) is 0 Å². The van der Waals surface area contributed by atoms with Crippen molar-refractivity contribution in [2.75, 3.05) is 0 Å². The van der Waals surface area contributed by atoms with Gasteiger partial charge in [-0.2, -0.15) is 0 Å². The van der Waals surface area contributed by atoms with Crippen molar-refractivity contribution in [1.82, 2.24) is 0 Å². The zero-order valence-corrected chi connectivity index (χ0v) is 6.97. The number of thiophene rings is 1. The van der Waals surface area contributed by atoms with E-state index < -0.39 is 5.97 Å². The van der Waals surface area contributed by atoms with Gasteiger partial charge in [-0.25, -0.2) is 4.79 Å². The minimum Gasteiger partial charge on any atom is -0.478 e. The zero-order valence-electron chi connectivity index (χ0n) is 6.15. The Morgan fingerprint density at radius 1 is 1.67 bits per heavy atom. The Bertz CT molecular complexity index is 355. The lowest BCUT2D eigenvalue weighted by Gasteiger charge is -1.79. The van der Waals surface area contributed by atoms with E-state index in [1.165, 1.54) is 17.4 Å². The first kappa shape index (κ1) is 8.57. The van der Waals surface area contributed by atoms with Gasteiger partial charge in [0.2, 0.25) is 0 Å². The molecule has 1 rings (SSSR count). The molecule has 0 aromatic carbocycles. The number of rotatable bonds is 2. The Kier molecular flexibility index (Phi) is 2.67. The summed E-state index contributed by atoms with van der Waals surface area (Å²) in [5.74, 6) is 1.52. The number of hydrogen-bond donors (Lipinski definition) is 1. The Hall–Kier alpha value is -1.53.